The highest BCUT2D eigenvalue weighted by Crippen LogP contribution is 2.32. The zero-order valence-corrected chi connectivity index (χ0v) is 12.3. The molecule has 1 saturated heterocycles. The summed E-state index contributed by atoms with van der Waals surface area (Å²) in [5.74, 6) is 0.152. The second-order valence-electron chi connectivity index (χ2n) is 5.59. The molecular weight excluding hydrogens is 242 g/mol. The fraction of sp³-hybridized carbons (Fsp3) is 0.857. The summed E-state index contributed by atoms with van der Waals surface area (Å²) >= 11 is 0. The SMILES string of the molecule is CCC1(C(=O)NCCNC(=O)C(C)C)CCNCC1. The Labute approximate surface area is 115 Å². The Hall–Kier alpha value is -1.10. The van der Waals surface area contributed by atoms with Crippen LogP contribution in [-0.2, 0) is 9.59 Å². The molecule has 0 unspecified atom stereocenters. The first kappa shape index (κ1) is 16.0. The Morgan fingerprint density at radius 3 is 2.26 bits per heavy atom. The fourth-order valence-electron chi connectivity index (χ4n) is 2.40. The third kappa shape index (κ3) is 4.49. The zero-order valence-electron chi connectivity index (χ0n) is 12.3. The molecule has 0 aromatic rings. The number of carbonyl (C=O) groups excluding carboxylic acids is 2. The molecule has 0 spiro atoms. The first-order valence-electron chi connectivity index (χ1n) is 7.28. The van der Waals surface area contributed by atoms with Gasteiger partial charge in [0.1, 0.15) is 0 Å². The lowest BCUT2D eigenvalue weighted by atomic mass is 9.76. The number of piperidine rings is 1. The van der Waals surface area contributed by atoms with E-state index in [-0.39, 0.29) is 23.1 Å². The van der Waals surface area contributed by atoms with Gasteiger partial charge in [-0.15, -0.1) is 0 Å². The molecule has 3 N–H and O–H groups in total. The van der Waals surface area contributed by atoms with E-state index < -0.39 is 0 Å². The van der Waals surface area contributed by atoms with Crippen molar-refractivity contribution in [3.8, 4) is 0 Å². The third-order valence-corrected chi connectivity index (χ3v) is 3.95. The standard InChI is InChI=1S/C14H27N3O2/c1-4-14(5-7-15-8-6-14)13(19)17-10-9-16-12(18)11(2)3/h11,15H,4-10H2,1-3H3,(H,16,18)(H,17,19). The number of rotatable bonds is 6. The molecule has 0 aromatic heterocycles. The smallest absolute Gasteiger partial charge is 0.226 e. The fourth-order valence-corrected chi connectivity index (χ4v) is 2.40. The molecule has 0 aromatic carbocycles. The Morgan fingerprint density at radius 1 is 1.16 bits per heavy atom. The molecule has 0 bridgehead atoms. The lowest BCUT2D eigenvalue weighted by Crippen LogP contribution is -2.48. The first-order valence-corrected chi connectivity index (χ1v) is 7.28. The van der Waals surface area contributed by atoms with Gasteiger partial charge in [-0.25, -0.2) is 0 Å². The molecule has 1 heterocycles. The van der Waals surface area contributed by atoms with Crippen molar-refractivity contribution in [2.24, 2.45) is 11.3 Å². The van der Waals surface area contributed by atoms with Crippen LogP contribution in [0.3, 0.4) is 0 Å². The van der Waals surface area contributed by atoms with E-state index in [4.69, 9.17) is 0 Å². The molecule has 19 heavy (non-hydrogen) atoms. The molecular formula is C14H27N3O2. The van der Waals surface area contributed by atoms with Gasteiger partial charge < -0.3 is 16.0 Å². The number of nitrogens with one attached hydrogen (secondary N) is 3. The molecule has 0 radical (unpaired) electrons. The molecule has 0 atom stereocenters. The van der Waals surface area contributed by atoms with E-state index in [1.54, 1.807) is 0 Å². The third-order valence-electron chi connectivity index (χ3n) is 3.95. The maximum atomic E-state index is 12.3. The van der Waals surface area contributed by atoms with Crippen molar-refractivity contribution >= 4 is 11.8 Å². The van der Waals surface area contributed by atoms with Gasteiger partial charge in [0.05, 0.1) is 5.41 Å². The van der Waals surface area contributed by atoms with Gasteiger partial charge >= 0.3 is 0 Å². The molecule has 1 rings (SSSR count). The van der Waals surface area contributed by atoms with Crippen LogP contribution < -0.4 is 16.0 Å². The van der Waals surface area contributed by atoms with Crippen molar-refractivity contribution < 1.29 is 9.59 Å². The Morgan fingerprint density at radius 2 is 1.74 bits per heavy atom. The summed E-state index contributed by atoms with van der Waals surface area (Å²) in [4.78, 5) is 23.7. The van der Waals surface area contributed by atoms with Crippen LogP contribution in [0.4, 0.5) is 0 Å². The summed E-state index contributed by atoms with van der Waals surface area (Å²) in [6.45, 7) is 8.61. The normalized spacial score (nSPS) is 18.1. The van der Waals surface area contributed by atoms with E-state index in [1.165, 1.54) is 0 Å². The van der Waals surface area contributed by atoms with Crippen LogP contribution in [0.15, 0.2) is 0 Å². The van der Waals surface area contributed by atoms with Crippen LogP contribution in [0.25, 0.3) is 0 Å². The van der Waals surface area contributed by atoms with Crippen molar-refractivity contribution in [1.82, 2.24) is 16.0 Å². The molecule has 5 nitrogen and oxygen atoms in total. The van der Waals surface area contributed by atoms with Gasteiger partial charge in [0.15, 0.2) is 0 Å². The van der Waals surface area contributed by atoms with Crippen molar-refractivity contribution in [3.05, 3.63) is 0 Å². The second-order valence-corrected chi connectivity index (χ2v) is 5.59. The van der Waals surface area contributed by atoms with Crippen LogP contribution >= 0.6 is 0 Å². The predicted octanol–water partition coefficient (Wildman–Crippen LogP) is 0.655. The Bertz CT molecular complexity index is 310. The van der Waals surface area contributed by atoms with Crippen molar-refractivity contribution in [3.63, 3.8) is 0 Å². The average molecular weight is 269 g/mol. The molecule has 1 aliphatic heterocycles. The second kappa shape index (κ2) is 7.48. The highest BCUT2D eigenvalue weighted by atomic mass is 16.2. The maximum Gasteiger partial charge on any atom is 0.226 e. The van der Waals surface area contributed by atoms with E-state index in [9.17, 15) is 9.59 Å². The van der Waals surface area contributed by atoms with Crippen molar-refractivity contribution in [1.29, 1.82) is 0 Å². The number of carbonyl (C=O) groups is 2. The van der Waals surface area contributed by atoms with E-state index in [2.05, 4.69) is 22.9 Å². The van der Waals surface area contributed by atoms with Crippen LogP contribution in [0.1, 0.15) is 40.0 Å². The van der Waals surface area contributed by atoms with Crippen LogP contribution in [0.2, 0.25) is 0 Å². The molecule has 5 heteroatoms. The predicted molar refractivity (Wildman–Crippen MR) is 75.7 cm³/mol. The summed E-state index contributed by atoms with van der Waals surface area (Å²) in [7, 11) is 0. The molecule has 0 saturated carbocycles. The van der Waals surface area contributed by atoms with Gasteiger partial charge in [-0.1, -0.05) is 20.8 Å². The van der Waals surface area contributed by atoms with Gasteiger partial charge in [0.2, 0.25) is 11.8 Å². The number of hydrogen-bond donors (Lipinski definition) is 3. The average Bonchev–Trinajstić information content (AvgIpc) is 2.43. The largest absolute Gasteiger partial charge is 0.354 e. The number of hydrogen-bond acceptors (Lipinski definition) is 3. The van der Waals surface area contributed by atoms with Gasteiger partial charge in [0, 0.05) is 19.0 Å². The molecule has 110 valence electrons. The van der Waals surface area contributed by atoms with Gasteiger partial charge in [-0.3, -0.25) is 9.59 Å². The van der Waals surface area contributed by atoms with Crippen molar-refractivity contribution in [2.45, 2.75) is 40.0 Å². The monoisotopic (exact) mass is 269 g/mol. The van der Waals surface area contributed by atoms with E-state index in [1.807, 2.05) is 13.8 Å². The highest BCUT2D eigenvalue weighted by molar-refractivity contribution is 5.83. The summed E-state index contributed by atoms with van der Waals surface area (Å²) in [6, 6.07) is 0. The minimum Gasteiger partial charge on any atom is -0.354 e. The lowest BCUT2D eigenvalue weighted by Gasteiger charge is -2.35. The Balaban J connectivity index is 2.31. The van der Waals surface area contributed by atoms with E-state index in [0.717, 1.165) is 32.4 Å². The number of amides is 2. The van der Waals surface area contributed by atoms with Crippen LogP contribution in [0, 0.1) is 11.3 Å². The topological polar surface area (TPSA) is 70.2 Å². The minimum absolute atomic E-state index is 0.0119. The van der Waals surface area contributed by atoms with E-state index >= 15 is 0 Å². The maximum absolute atomic E-state index is 12.3. The van der Waals surface area contributed by atoms with Gasteiger partial charge in [-0.2, -0.15) is 0 Å². The Kier molecular flexibility index (Phi) is 6.28. The summed E-state index contributed by atoms with van der Waals surface area (Å²) < 4.78 is 0. The first-order chi connectivity index (χ1) is 9.02. The van der Waals surface area contributed by atoms with Gasteiger partial charge in [0.25, 0.3) is 0 Å². The molecule has 1 fully saturated rings. The van der Waals surface area contributed by atoms with Crippen LogP contribution in [-0.4, -0.2) is 38.0 Å². The highest BCUT2D eigenvalue weighted by Gasteiger charge is 2.37. The quantitative estimate of drug-likeness (QED) is 0.620. The van der Waals surface area contributed by atoms with E-state index in [0.29, 0.717) is 13.1 Å². The zero-order chi connectivity index (χ0) is 14.3. The summed E-state index contributed by atoms with van der Waals surface area (Å²) in [5, 5.41) is 9.05. The summed E-state index contributed by atoms with van der Waals surface area (Å²) in [6.07, 6.45) is 2.67. The van der Waals surface area contributed by atoms with Gasteiger partial charge in [-0.05, 0) is 32.4 Å². The minimum atomic E-state index is -0.215. The van der Waals surface area contributed by atoms with Crippen molar-refractivity contribution in [2.75, 3.05) is 26.2 Å². The molecule has 1 aliphatic rings. The molecule has 0 aliphatic carbocycles. The van der Waals surface area contributed by atoms with Crippen LogP contribution in [0.5, 0.6) is 0 Å². The lowest BCUT2D eigenvalue weighted by molar-refractivity contribution is -0.133. The molecule has 2 amide bonds. The summed E-state index contributed by atoms with van der Waals surface area (Å²) in [5.41, 5.74) is -0.215.